The summed E-state index contributed by atoms with van der Waals surface area (Å²) in [5.74, 6) is -2.22. The standard InChI is InChI=1S/C22H21N3O5/c1-25-11-10-18(26)20(21(25)29)24-22(30)23-17(13-19(27)28)16-9-5-8-15(12-16)14-6-3-2-4-7-14/h2-12,17,20H,13H2,1H3,(H,27,28)(H2,23,24,30). The Balaban J connectivity index is 1.79. The maximum Gasteiger partial charge on any atom is 0.316 e. The van der Waals surface area contributed by atoms with Crippen molar-refractivity contribution in [2.75, 3.05) is 7.05 Å². The number of nitrogens with zero attached hydrogens (tertiary/aromatic N) is 1. The van der Waals surface area contributed by atoms with Crippen LogP contribution in [0.2, 0.25) is 0 Å². The van der Waals surface area contributed by atoms with Crippen molar-refractivity contribution in [3.8, 4) is 11.1 Å². The van der Waals surface area contributed by atoms with E-state index in [9.17, 15) is 24.3 Å². The first-order valence-corrected chi connectivity index (χ1v) is 9.28. The minimum absolute atomic E-state index is 0.363. The average molecular weight is 407 g/mol. The van der Waals surface area contributed by atoms with Gasteiger partial charge < -0.3 is 20.6 Å². The molecule has 2 atom stereocenters. The monoisotopic (exact) mass is 407 g/mol. The molecule has 8 nitrogen and oxygen atoms in total. The second kappa shape index (κ2) is 9.04. The van der Waals surface area contributed by atoms with E-state index in [2.05, 4.69) is 10.6 Å². The number of carbonyl (C=O) groups excluding carboxylic acids is 3. The number of aliphatic carboxylic acids is 1. The summed E-state index contributed by atoms with van der Waals surface area (Å²) >= 11 is 0. The number of amides is 3. The summed E-state index contributed by atoms with van der Waals surface area (Å²) < 4.78 is 0. The van der Waals surface area contributed by atoms with E-state index in [0.29, 0.717) is 5.56 Å². The third kappa shape index (κ3) is 4.91. The van der Waals surface area contributed by atoms with Gasteiger partial charge in [-0.05, 0) is 22.8 Å². The Hall–Kier alpha value is -3.94. The molecule has 1 heterocycles. The van der Waals surface area contributed by atoms with Gasteiger partial charge in [0.1, 0.15) is 0 Å². The zero-order valence-corrected chi connectivity index (χ0v) is 16.2. The molecule has 1 aliphatic heterocycles. The van der Waals surface area contributed by atoms with Gasteiger partial charge in [0.25, 0.3) is 5.91 Å². The molecular weight excluding hydrogens is 386 g/mol. The Morgan fingerprint density at radius 3 is 2.47 bits per heavy atom. The highest BCUT2D eigenvalue weighted by Gasteiger charge is 2.32. The number of likely N-dealkylation sites (N-methyl/N-ethyl adjacent to an activating group) is 1. The zero-order chi connectivity index (χ0) is 21.7. The summed E-state index contributed by atoms with van der Waals surface area (Å²) in [5.41, 5.74) is 2.41. The largest absolute Gasteiger partial charge is 0.481 e. The minimum Gasteiger partial charge on any atom is -0.481 e. The van der Waals surface area contributed by atoms with E-state index >= 15 is 0 Å². The van der Waals surface area contributed by atoms with Crippen molar-refractivity contribution >= 4 is 23.7 Å². The van der Waals surface area contributed by atoms with E-state index in [1.54, 1.807) is 18.2 Å². The molecule has 0 fully saturated rings. The van der Waals surface area contributed by atoms with Gasteiger partial charge >= 0.3 is 12.0 Å². The Morgan fingerprint density at radius 1 is 1.07 bits per heavy atom. The van der Waals surface area contributed by atoms with Crippen molar-refractivity contribution in [2.24, 2.45) is 0 Å². The summed E-state index contributed by atoms with van der Waals surface area (Å²) in [4.78, 5) is 49.1. The molecule has 2 aromatic carbocycles. The first-order valence-electron chi connectivity index (χ1n) is 9.28. The summed E-state index contributed by atoms with van der Waals surface area (Å²) in [7, 11) is 1.47. The number of carbonyl (C=O) groups is 4. The van der Waals surface area contributed by atoms with Crippen LogP contribution in [0.1, 0.15) is 18.0 Å². The molecule has 0 spiro atoms. The van der Waals surface area contributed by atoms with Crippen molar-refractivity contribution < 1.29 is 24.3 Å². The van der Waals surface area contributed by atoms with Crippen molar-refractivity contribution in [1.29, 1.82) is 0 Å². The van der Waals surface area contributed by atoms with E-state index < -0.39 is 35.8 Å². The molecule has 0 saturated heterocycles. The van der Waals surface area contributed by atoms with Gasteiger partial charge in [0.05, 0.1) is 12.5 Å². The number of hydrogen-bond acceptors (Lipinski definition) is 4. The number of benzene rings is 2. The second-order valence-electron chi connectivity index (χ2n) is 6.86. The molecule has 0 aromatic heterocycles. The van der Waals surface area contributed by atoms with Gasteiger partial charge in [-0.25, -0.2) is 4.79 Å². The Kier molecular flexibility index (Phi) is 6.26. The summed E-state index contributed by atoms with van der Waals surface area (Å²) in [5, 5.41) is 14.2. The van der Waals surface area contributed by atoms with Gasteiger partial charge in [0, 0.05) is 19.3 Å². The van der Waals surface area contributed by atoms with Crippen molar-refractivity contribution in [3.05, 3.63) is 72.4 Å². The number of urea groups is 1. The van der Waals surface area contributed by atoms with E-state index in [1.807, 2.05) is 36.4 Å². The Bertz CT molecular complexity index is 1000. The van der Waals surface area contributed by atoms with Gasteiger partial charge in [0.15, 0.2) is 11.8 Å². The Morgan fingerprint density at radius 2 is 1.77 bits per heavy atom. The molecule has 2 aromatic rings. The van der Waals surface area contributed by atoms with Crippen LogP contribution in [0.5, 0.6) is 0 Å². The molecule has 0 radical (unpaired) electrons. The molecule has 154 valence electrons. The van der Waals surface area contributed by atoms with Crippen LogP contribution in [0.3, 0.4) is 0 Å². The third-order valence-corrected chi connectivity index (χ3v) is 4.70. The van der Waals surface area contributed by atoms with Gasteiger partial charge in [0.2, 0.25) is 0 Å². The minimum atomic E-state index is -1.35. The van der Waals surface area contributed by atoms with Crippen LogP contribution in [0.15, 0.2) is 66.9 Å². The predicted molar refractivity (Wildman–Crippen MR) is 109 cm³/mol. The smallest absolute Gasteiger partial charge is 0.316 e. The van der Waals surface area contributed by atoms with Gasteiger partial charge in [-0.15, -0.1) is 0 Å². The number of nitrogens with one attached hydrogen (secondary N) is 2. The zero-order valence-electron chi connectivity index (χ0n) is 16.2. The molecule has 3 N–H and O–H groups in total. The molecule has 8 heteroatoms. The van der Waals surface area contributed by atoms with Crippen LogP contribution in [-0.2, 0) is 14.4 Å². The van der Waals surface area contributed by atoms with Crippen LogP contribution in [-0.4, -0.2) is 46.8 Å². The van der Waals surface area contributed by atoms with E-state index in [4.69, 9.17) is 0 Å². The predicted octanol–water partition coefficient (Wildman–Crippen LogP) is 2.09. The fourth-order valence-corrected chi connectivity index (χ4v) is 3.14. The van der Waals surface area contributed by atoms with E-state index in [0.717, 1.165) is 11.1 Å². The van der Waals surface area contributed by atoms with Crippen LogP contribution >= 0.6 is 0 Å². The number of hydrogen-bond donors (Lipinski definition) is 3. The van der Waals surface area contributed by atoms with Crippen molar-refractivity contribution in [3.63, 3.8) is 0 Å². The lowest BCUT2D eigenvalue weighted by Gasteiger charge is -2.25. The molecule has 3 amide bonds. The fraction of sp³-hybridized carbons (Fsp3) is 0.182. The normalized spacial score (nSPS) is 16.8. The fourth-order valence-electron chi connectivity index (χ4n) is 3.14. The van der Waals surface area contributed by atoms with Gasteiger partial charge in [-0.1, -0.05) is 48.5 Å². The van der Waals surface area contributed by atoms with Crippen molar-refractivity contribution in [2.45, 2.75) is 18.5 Å². The highest BCUT2D eigenvalue weighted by atomic mass is 16.4. The second-order valence-corrected chi connectivity index (χ2v) is 6.86. The number of rotatable bonds is 6. The summed E-state index contributed by atoms with van der Waals surface area (Å²) in [6.45, 7) is 0. The van der Waals surface area contributed by atoms with E-state index in [1.165, 1.54) is 24.2 Å². The van der Waals surface area contributed by atoms with Crippen molar-refractivity contribution in [1.82, 2.24) is 15.5 Å². The van der Waals surface area contributed by atoms with Crippen LogP contribution in [0.4, 0.5) is 4.79 Å². The maximum atomic E-state index is 12.5. The summed E-state index contributed by atoms with van der Waals surface area (Å²) in [6, 6.07) is 13.7. The van der Waals surface area contributed by atoms with Crippen LogP contribution in [0, 0.1) is 0 Å². The first kappa shape index (κ1) is 20.8. The number of ketones is 1. The number of carboxylic acids is 1. The number of carboxylic acid groups (broad SMARTS) is 1. The topological polar surface area (TPSA) is 116 Å². The molecule has 3 rings (SSSR count). The lowest BCUT2D eigenvalue weighted by molar-refractivity contribution is -0.138. The SMILES string of the molecule is CN1C=CC(=O)C(NC(=O)NC(CC(=O)O)c2cccc(-c3ccccc3)c2)C1=O. The van der Waals surface area contributed by atoms with Gasteiger partial charge in [-0.3, -0.25) is 14.4 Å². The average Bonchev–Trinajstić information content (AvgIpc) is 2.74. The molecular formula is C22H21N3O5. The molecule has 0 aliphatic carbocycles. The highest BCUT2D eigenvalue weighted by molar-refractivity contribution is 6.14. The molecule has 2 unspecified atom stereocenters. The molecule has 30 heavy (non-hydrogen) atoms. The lowest BCUT2D eigenvalue weighted by Crippen LogP contribution is -2.55. The van der Waals surface area contributed by atoms with Gasteiger partial charge in [-0.2, -0.15) is 0 Å². The third-order valence-electron chi connectivity index (χ3n) is 4.70. The van der Waals surface area contributed by atoms with E-state index in [-0.39, 0.29) is 6.42 Å². The molecule has 1 aliphatic rings. The first-order chi connectivity index (χ1) is 14.3. The Labute approximate surface area is 173 Å². The maximum absolute atomic E-state index is 12.5. The molecule has 0 bridgehead atoms. The highest BCUT2D eigenvalue weighted by Crippen LogP contribution is 2.25. The summed E-state index contributed by atoms with van der Waals surface area (Å²) in [6.07, 6.45) is 2.16. The molecule has 0 saturated carbocycles. The quantitative estimate of drug-likeness (QED) is 0.634. The van der Waals surface area contributed by atoms with Crippen LogP contribution in [0.25, 0.3) is 11.1 Å². The lowest BCUT2D eigenvalue weighted by atomic mass is 9.98. The van der Waals surface area contributed by atoms with Crippen LogP contribution < -0.4 is 10.6 Å².